The molecule has 3 amide bonds. The van der Waals surface area contributed by atoms with Crippen molar-refractivity contribution in [2.45, 2.75) is 26.4 Å². The number of aromatic nitrogens is 2. The summed E-state index contributed by atoms with van der Waals surface area (Å²) in [6, 6.07) is 10.9. The second-order valence-electron chi connectivity index (χ2n) is 6.90. The molecule has 0 aliphatic carbocycles. The molecule has 2 aromatic rings. The highest BCUT2D eigenvalue weighted by atomic mass is 16.2. The molecule has 0 aliphatic heterocycles. The molecule has 1 atom stereocenters. The normalized spacial score (nSPS) is 11.9. The molecule has 1 aromatic heterocycles. The van der Waals surface area contributed by atoms with E-state index in [0.717, 1.165) is 17.0 Å². The van der Waals surface area contributed by atoms with Crippen molar-refractivity contribution in [2.24, 2.45) is 5.92 Å². The van der Waals surface area contributed by atoms with Crippen LogP contribution in [-0.4, -0.2) is 59.1 Å². The fourth-order valence-corrected chi connectivity index (χ4v) is 2.56. The maximum atomic E-state index is 12.5. The van der Waals surface area contributed by atoms with E-state index in [4.69, 9.17) is 0 Å². The fourth-order valence-electron chi connectivity index (χ4n) is 2.56. The van der Waals surface area contributed by atoms with Crippen LogP contribution in [0.5, 0.6) is 0 Å². The second-order valence-corrected chi connectivity index (χ2v) is 6.90. The third-order valence-electron chi connectivity index (χ3n) is 4.11. The molecule has 1 aromatic carbocycles. The Hall–Kier alpha value is -2.83. The van der Waals surface area contributed by atoms with Crippen LogP contribution in [0.2, 0.25) is 0 Å². The zero-order valence-electron chi connectivity index (χ0n) is 16.0. The first-order valence-electron chi connectivity index (χ1n) is 8.62. The van der Waals surface area contributed by atoms with E-state index in [9.17, 15) is 9.59 Å². The van der Waals surface area contributed by atoms with E-state index < -0.39 is 6.04 Å². The fraction of sp³-hybridized carbons (Fsp3) is 0.421. The zero-order valence-corrected chi connectivity index (χ0v) is 16.0. The SMILES string of the molecule is CC(C)[C@H](NC(=O)N(C)Cc1cc(-c2ccccc2)n[nH]1)C(=O)N(C)C. The molecule has 0 aliphatic rings. The molecule has 0 radical (unpaired) electrons. The van der Waals surface area contributed by atoms with E-state index >= 15 is 0 Å². The Morgan fingerprint density at radius 3 is 2.38 bits per heavy atom. The van der Waals surface area contributed by atoms with E-state index in [1.165, 1.54) is 9.80 Å². The van der Waals surface area contributed by atoms with Crippen molar-refractivity contribution in [3.8, 4) is 11.3 Å². The molecule has 2 rings (SSSR count). The molecule has 0 saturated carbocycles. The third-order valence-corrected chi connectivity index (χ3v) is 4.11. The summed E-state index contributed by atoms with van der Waals surface area (Å²) in [4.78, 5) is 27.7. The molecule has 0 spiro atoms. The van der Waals surface area contributed by atoms with Gasteiger partial charge in [0.25, 0.3) is 0 Å². The number of nitrogens with zero attached hydrogens (tertiary/aromatic N) is 3. The third kappa shape index (κ3) is 4.84. The lowest BCUT2D eigenvalue weighted by molar-refractivity contribution is -0.131. The molecular formula is C19H27N5O2. The number of benzene rings is 1. The van der Waals surface area contributed by atoms with Crippen LogP contribution in [0.3, 0.4) is 0 Å². The lowest BCUT2D eigenvalue weighted by Gasteiger charge is -2.27. The highest BCUT2D eigenvalue weighted by molar-refractivity contribution is 5.87. The first-order valence-corrected chi connectivity index (χ1v) is 8.62. The van der Waals surface area contributed by atoms with Gasteiger partial charge in [-0.05, 0) is 12.0 Å². The van der Waals surface area contributed by atoms with Crippen molar-refractivity contribution in [2.75, 3.05) is 21.1 Å². The van der Waals surface area contributed by atoms with Crippen LogP contribution in [-0.2, 0) is 11.3 Å². The summed E-state index contributed by atoms with van der Waals surface area (Å²) in [6.45, 7) is 4.19. The van der Waals surface area contributed by atoms with Gasteiger partial charge in [-0.3, -0.25) is 9.89 Å². The summed E-state index contributed by atoms with van der Waals surface area (Å²) in [5.41, 5.74) is 2.66. The molecule has 26 heavy (non-hydrogen) atoms. The Morgan fingerprint density at radius 1 is 1.15 bits per heavy atom. The minimum absolute atomic E-state index is 0.000845. The monoisotopic (exact) mass is 357 g/mol. The number of urea groups is 1. The highest BCUT2D eigenvalue weighted by Gasteiger charge is 2.26. The van der Waals surface area contributed by atoms with E-state index in [0.29, 0.717) is 6.54 Å². The maximum absolute atomic E-state index is 12.5. The Bertz CT molecular complexity index is 739. The number of amides is 3. The van der Waals surface area contributed by atoms with Crippen molar-refractivity contribution in [3.05, 3.63) is 42.1 Å². The Labute approximate surface area is 154 Å². The molecule has 0 fully saturated rings. The van der Waals surface area contributed by atoms with Crippen LogP contribution in [0, 0.1) is 5.92 Å². The summed E-state index contributed by atoms with van der Waals surface area (Å²) < 4.78 is 0. The average Bonchev–Trinajstić information content (AvgIpc) is 3.07. The van der Waals surface area contributed by atoms with Crippen LogP contribution in [0.15, 0.2) is 36.4 Å². The van der Waals surface area contributed by atoms with Crippen LogP contribution in [0.4, 0.5) is 4.79 Å². The Balaban J connectivity index is 2.00. The maximum Gasteiger partial charge on any atom is 0.318 e. The molecule has 2 N–H and O–H groups in total. The number of carbonyl (C=O) groups excluding carboxylic acids is 2. The summed E-state index contributed by atoms with van der Waals surface area (Å²) in [5, 5.41) is 10.1. The topological polar surface area (TPSA) is 81.3 Å². The lowest BCUT2D eigenvalue weighted by Crippen LogP contribution is -2.52. The smallest absolute Gasteiger partial charge is 0.318 e. The molecule has 0 bridgehead atoms. The first-order chi connectivity index (χ1) is 12.3. The van der Waals surface area contributed by atoms with Crippen LogP contribution < -0.4 is 5.32 Å². The van der Waals surface area contributed by atoms with Gasteiger partial charge in [0.1, 0.15) is 6.04 Å². The minimum Gasteiger partial charge on any atom is -0.347 e. The average molecular weight is 357 g/mol. The number of hydrogen-bond donors (Lipinski definition) is 2. The van der Waals surface area contributed by atoms with Gasteiger partial charge in [-0.1, -0.05) is 44.2 Å². The van der Waals surface area contributed by atoms with Crippen LogP contribution >= 0.6 is 0 Å². The van der Waals surface area contributed by atoms with E-state index in [-0.39, 0.29) is 17.9 Å². The van der Waals surface area contributed by atoms with E-state index in [2.05, 4.69) is 15.5 Å². The summed E-state index contributed by atoms with van der Waals surface area (Å²) in [6.07, 6.45) is 0. The zero-order chi connectivity index (χ0) is 19.3. The quantitative estimate of drug-likeness (QED) is 0.832. The molecule has 0 saturated heterocycles. The standard InChI is InChI=1S/C19H27N5O2/c1-13(2)17(18(25)23(3)4)20-19(26)24(5)12-15-11-16(22-21-15)14-9-7-6-8-10-14/h6-11,13,17H,12H2,1-5H3,(H,20,26)(H,21,22)/t17-/m0/s1. The summed E-state index contributed by atoms with van der Waals surface area (Å²) in [7, 11) is 5.06. The van der Waals surface area contributed by atoms with Gasteiger partial charge < -0.3 is 15.1 Å². The molecule has 1 heterocycles. The lowest BCUT2D eigenvalue weighted by atomic mass is 10.0. The van der Waals surface area contributed by atoms with Crippen molar-refractivity contribution in [1.82, 2.24) is 25.3 Å². The van der Waals surface area contributed by atoms with Gasteiger partial charge in [-0.15, -0.1) is 0 Å². The van der Waals surface area contributed by atoms with Crippen LogP contribution in [0.1, 0.15) is 19.5 Å². The van der Waals surface area contributed by atoms with Gasteiger partial charge in [0, 0.05) is 26.7 Å². The molecule has 0 unspecified atom stereocenters. The molecular weight excluding hydrogens is 330 g/mol. The van der Waals surface area contributed by atoms with Crippen molar-refractivity contribution >= 4 is 11.9 Å². The summed E-state index contributed by atoms with van der Waals surface area (Å²) >= 11 is 0. The Kier molecular flexibility index (Phi) is 6.38. The van der Waals surface area contributed by atoms with Gasteiger partial charge in [-0.2, -0.15) is 5.10 Å². The number of aromatic amines is 1. The number of nitrogens with one attached hydrogen (secondary N) is 2. The minimum atomic E-state index is -0.554. The number of carbonyl (C=O) groups is 2. The van der Waals surface area contributed by atoms with Crippen LogP contribution in [0.25, 0.3) is 11.3 Å². The Morgan fingerprint density at radius 2 is 1.81 bits per heavy atom. The van der Waals surface area contributed by atoms with Gasteiger partial charge in [0.2, 0.25) is 5.91 Å². The number of H-pyrrole nitrogens is 1. The van der Waals surface area contributed by atoms with Crippen molar-refractivity contribution < 1.29 is 9.59 Å². The van der Waals surface area contributed by atoms with Gasteiger partial charge in [0.15, 0.2) is 0 Å². The second kappa shape index (κ2) is 8.51. The van der Waals surface area contributed by atoms with Gasteiger partial charge in [0.05, 0.1) is 17.9 Å². The van der Waals surface area contributed by atoms with Crippen molar-refractivity contribution in [1.29, 1.82) is 0 Å². The molecule has 7 heteroatoms. The highest BCUT2D eigenvalue weighted by Crippen LogP contribution is 2.17. The molecule has 140 valence electrons. The largest absolute Gasteiger partial charge is 0.347 e. The van der Waals surface area contributed by atoms with Crippen molar-refractivity contribution in [3.63, 3.8) is 0 Å². The molecule has 7 nitrogen and oxygen atoms in total. The number of likely N-dealkylation sites (N-methyl/N-ethyl adjacent to an activating group) is 1. The van der Waals surface area contributed by atoms with E-state index in [1.54, 1.807) is 21.1 Å². The number of hydrogen-bond acceptors (Lipinski definition) is 3. The van der Waals surface area contributed by atoms with Gasteiger partial charge >= 0.3 is 6.03 Å². The predicted molar refractivity (Wildman–Crippen MR) is 101 cm³/mol. The number of rotatable bonds is 6. The summed E-state index contributed by atoms with van der Waals surface area (Å²) in [5.74, 6) is -0.117. The predicted octanol–water partition coefficient (Wildman–Crippen LogP) is 2.33. The van der Waals surface area contributed by atoms with Gasteiger partial charge in [-0.25, -0.2) is 4.79 Å². The van der Waals surface area contributed by atoms with E-state index in [1.807, 2.05) is 50.2 Å². The first kappa shape index (κ1) is 19.5.